The topological polar surface area (TPSA) is 53.4 Å². The van der Waals surface area contributed by atoms with Crippen molar-refractivity contribution in [1.29, 1.82) is 0 Å². The van der Waals surface area contributed by atoms with Crippen molar-refractivity contribution in [3.05, 3.63) is 58.1 Å². The number of hydrogen-bond donors (Lipinski definition) is 1. The van der Waals surface area contributed by atoms with Crippen LogP contribution in [0.5, 0.6) is 0 Å². The molecule has 3 rings (SSSR count). The number of pyridine rings is 1. The quantitative estimate of drug-likeness (QED) is 0.880. The van der Waals surface area contributed by atoms with Crippen LogP contribution in [0.15, 0.2) is 41.9 Å². The summed E-state index contributed by atoms with van der Waals surface area (Å²) in [4.78, 5) is 19.0. The number of nitrogens with zero attached hydrogens (tertiary/aromatic N) is 2. The van der Waals surface area contributed by atoms with Crippen LogP contribution >= 0.6 is 11.3 Å². The molecule has 0 radical (unpaired) electrons. The molecule has 2 aromatic heterocycles. The van der Waals surface area contributed by atoms with Crippen LogP contribution in [0, 0.1) is 0 Å². The molecule has 0 bridgehead atoms. The highest BCUT2D eigenvalue weighted by Crippen LogP contribution is 2.21. The summed E-state index contributed by atoms with van der Waals surface area (Å²) in [6.45, 7) is 1.82. The van der Waals surface area contributed by atoms with Crippen LogP contribution in [0.3, 0.4) is 0 Å². The third kappa shape index (κ3) is 4.52. The van der Waals surface area contributed by atoms with Gasteiger partial charge in [0, 0.05) is 23.7 Å². The predicted molar refractivity (Wildman–Crippen MR) is 97.2 cm³/mol. The van der Waals surface area contributed by atoms with Gasteiger partial charge in [-0.1, -0.05) is 25.0 Å². The highest BCUT2D eigenvalue weighted by molar-refractivity contribution is 7.10. The third-order valence-electron chi connectivity index (χ3n) is 4.38. The molecule has 5 heteroatoms. The molecule has 126 valence electrons. The number of rotatable bonds is 5. The van der Waals surface area contributed by atoms with Gasteiger partial charge in [0.1, 0.15) is 0 Å². The van der Waals surface area contributed by atoms with Gasteiger partial charge in [0.2, 0.25) is 0 Å². The maximum atomic E-state index is 10.9. The second-order valence-corrected chi connectivity index (χ2v) is 7.08. The van der Waals surface area contributed by atoms with Crippen LogP contribution < -0.4 is 0 Å². The lowest BCUT2D eigenvalue weighted by molar-refractivity contribution is 0.0696. The number of carboxylic acid groups (broad SMARTS) is 1. The van der Waals surface area contributed by atoms with Crippen LogP contribution in [-0.4, -0.2) is 33.5 Å². The van der Waals surface area contributed by atoms with Crippen LogP contribution in [-0.2, 0) is 6.54 Å². The van der Waals surface area contributed by atoms with Crippen LogP contribution in [0.2, 0.25) is 0 Å². The number of thiophene rings is 1. The summed E-state index contributed by atoms with van der Waals surface area (Å²) in [6, 6.07) is 8.08. The van der Waals surface area contributed by atoms with Crippen molar-refractivity contribution in [3.63, 3.8) is 0 Å². The van der Waals surface area contributed by atoms with Crippen molar-refractivity contribution >= 4 is 23.4 Å². The number of carboxylic acids is 1. The van der Waals surface area contributed by atoms with Crippen LogP contribution in [0.4, 0.5) is 0 Å². The minimum absolute atomic E-state index is 0.240. The van der Waals surface area contributed by atoms with Crippen LogP contribution in [0.1, 0.15) is 46.6 Å². The van der Waals surface area contributed by atoms with E-state index in [0.717, 1.165) is 25.2 Å². The first-order valence-corrected chi connectivity index (χ1v) is 9.24. The molecular weight excluding hydrogens is 320 g/mol. The average Bonchev–Trinajstić information content (AvgIpc) is 3.01. The molecule has 24 heavy (non-hydrogen) atoms. The lowest BCUT2D eigenvalue weighted by atomic mass is 10.1. The number of hydrogen-bond acceptors (Lipinski definition) is 4. The van der Waals surface area contributed by atoms with E-state index in [2.05, 4.69) is 39.5 Å². The van der Waals surface area contributed by atoms with E-state index in [1.807, 2.05) is 6.07 Å². The molecule has 1 unspecified atom stereocenters. The maximum Gasteiger partial charge on any atom is 0.337 e. The Morgan fingerprint density at radius 1 is 1.33 bits per heavy atom. The smallest absolute Gasteiger partial charge is 0.337 e. The molecule has 1 aliphatic heterocycles. The average molecular weight is 342 g/mol. The van der Waals surface area contributed by atoms with E-state index in [-0.39, 0.29) is 5.56 Å². The summed E-state index contributed by atoms with van der Waals surface area (Å²) < 4.78 is 0. The van der Waals surface area contributed by atoms with Gasteiger partial charge >= 0.3 is 5.97 Å². The number of likely N-dealkylation sites (tertiary alicyclic amines) is 1. The Hall–Kier alpha value is -1.98. The van der Waals surface area contributed by atoms with E-state index in [9.17, 15) is 4.79 Å². The van der Waals surface area contributed by atoms with E-state index in [0.29, 0.717) is 6.04 Å². The molecule has 1 saturated heterocycles. The van der Waals surface area contributed by atoms with E-state index < -0.39 is 5.97 Å². The third-order valence-corrected chi connectivity index (χ3v) is 5.21. The molecular formula is C19H22N2O2S. The van der Waals surface area contributed by atoms with E-state index in [4.69, 9.17) is 5.11 Å². The zero-order valence-corrected chi connectivity index (χ0v) is 14.4. The van der Waals surface area contributed by atoms with E-state index in [1.54, 1.807) is 17.4 Å². The molecule has 4 nitrogen and oxygen atoms in total. The summed E-state index contributed by atoms with van der Waals surface area (Å²) in [7, 11) is 0. The fraction of sp³-hybridized carbons (Fsp3) is 0.368. The first kappa shape index (κ1) is 16.9. The highest BCUT2D eigenvalue weighted by Gasteiger charge is 2.19. The Morgan fingerprint density at radius 3 is 2.96 bits per heavy atom. The fourth-order valence-corrected chi connectivity index (χ4v) is 3.68. The number of aromatic nitrogens is 1. The molecule has 0 aromatic carbocycles. The predicted octanol–water partition coefficient (Wildman–Crippen LogP) is 4.30. The van der Waals surface area contributed by atoms with E-state index >= 15 is 0 Å². The van der Waals surface area contributed by atoms with Gasteiger partial charge in [-0.2, -0.15) is 0 Å². The maximum absolute atomic E-state index is 10.9. The minimum atomic E-state index is -0.930. The monoisotopic (exact) mass is 342 g/mol. The zero-order valence-electron chi connectivity index (χ0n) is 13.6. The number of carbonyl (C=O) groups is 1. The summed E-state index contributed by atoms with van der Waals surface area (Å²) in [5, 5.41) is 11.1. The lowest BCUT2D eigenvalue weighted by Gasteiger charge is -2.27. The highest BCUT2D eigenvalue weighted by atomic mass is 32.1. The van der Waals surface area contributed by atoms with Crippen molar-refractivity contribution in [2.75, 3.05) is 6.54 Å². The first-order chi connectivity index (χ1) is 11.7. The van der Waals surface area contributed by atoms with Gasteiger partial charge in [-0.25, -0.2) is 4.79 Å². The molecule has 0 amide bonds. The van der Waals surface area contributed by atoms with Crippen molar-refractivity contribution in [2.45, 2.75) is 38.3 Å². The molecule has 1 N–H and O–H groups in total. The van der Waals surface area contributed by atoms with E-state index in [1.165, 1.54) is 30.3 Å². The van der Waals surface area contributed by atoms with Crippen molar-refractivity contribution in [3.8, 4) is 0 Å². The summed E-state index contributed by atoms with van der Waals surface area (Å²) >= 11 is 1.75. The van der Waals surface area contributed by atoms with Gasteiger partial charge in [-0.3, -0.25) is 9.88 Å². The molecule has 0 saturated carbocycles. The molecule has 0 aliphatic carbocycles. The summed E-state index contributed by atoms with van der Waals surface area (Å²) in [5.74, 6) is -0.930. The fourth-order valence-electron chi connectivity index (χ4n) is 3.05. The Balaban J connectivity index is 1.71. The largest absolute Gasteiger partial charge is 0.478 e. The van der Waals surface area contributed by atoms with Gasteiger partial charge in [-0.15, -0.1) is 11.3 Å². The molecule has 1 fully saturated rings. The van der Waals surface area contributed by atoms with Gasteiger partial charge in [0.15, 0.2) is 0 Å². The summed E-state index contributed by atoms with van der Waals surface area (Å²) in [5.41, 5.74) is 1.17. The minimum Gasteiger partial charge on any atom is -0.478 e. The molecule has 0 spiro atoms. The zero-order chi connectivity index (χ0) is 16.8. The standard InChI is InChI=1S/C19H22N2O2S/c22-19(23)15-7-8-16(20-13-15)14-21-11-3-1-2-5-17(21)9-10-18-6-4-12-24-18/h4,6-10,12-13,17H,1-3,5,11,14H2,(H,22,23)/b10-9+. The Labute approximate surface area is 146 Å². The Kier molecular flexibility index (Phi) is 5.77. The lowest BCUT2D eigenvalue weighted by Crippen LogP contribution is -2.33. The second kappa shape index (κ2) is 8.22. The molecule has 3 heterocycles. The number of aromatic carboxylic acids is 1. The van der Waals surface area contributed by atoms with Crippen molar-refractivity contribution < 1.29 is 9.90 Å². The van der Waals surface area contributed by atoms with Gasteiger partial charge in [0.25, 0.3) is 0 Å². The Morgan fingerprint density at radius 2 is 2.25 bits per heavy atom. The molecule has 1 aliphatic rings. The SMILES string of the molecule is O=C(O)c1ccc(CN2CCCCCC2/C=C/c2cccs2)nc1. The van der Waals surface area contributed by atoms with Crippen molar-refractivity contribution in [2.24, 2.45) is 0 Å². The molecule has 1 atom stereocenters. The second-order valence-electron chi connectivity index (χ2n) is 6.11. The Bertz CT molecular complexity index is 680. The normalized spacial score (nSPS) is 19.4. The molecule has 2 aromatic rings. The van der Waals surface area contributed by atoms with Gasteiger partial charge < -0.3 is 5.11 Å². The van der Waals surface area contributed by atoms with Gasteiger partial charge in [0.05, 0.1) is 11.3 Å². The van der Waals surface area contributed by atoms with Gasteiger partial charge in [-0.05, 0) is 49.0 Å². The van der Waals surface area contributed by atoms with Crippen LogP contribution in [0.25, 0.3) is 6.08 Å². The first-order valence-electron chi connectivity index (χ1n) is 8.36. The van der Waals surface area contributed by atoms with Crippen molar-refractivity contribution in [1.82, 2.24) is 9.88 Å². The summed E-state index contributed by atoms with van der Waals surface area (Å²) in [6.07, 6.45) is 10.9.